The summed E-state index contributed by atoms with van der Waals surface area (Å²) in [6.07, 6.45) is 4.77. The first-order chi connectivity index (χ1) is 31.6. The van der Waals surface area contributed by atoms with Gasteiger partial charge in [0.2, 0.25) is 41.4 Å². The second-order valence-electron chi connectivity index (χ2n) is 17.5. The van der Waals surface area contributed by atoms with Crippen molar-refractivity contribution in [2.24, 2.45) is 28.1 Å². The van der Waals surface area contributed by atoms with Gasteiger partial charge < -0.3 is 69.2 Å². The topological polar surface area (TPSA) is 369 Å². The van der Waals surface area contributed by atoms with E-state index in [0.717, 1.165) is 57.8 Å². The van der Waals surface area contributed by atoms with E-state index in [-0.39, 0.29) is 18.1 Å². The van der Waals surface area contributed by atoms with Crippen molar-refractivity contribution < 1.29 is 58.4 Å². The molecule has 9 atom stereocenters. The maximum atomic E-state index is 14.1. The lowest BCUT2D eigenvalue weighted by Crippen LogP contribution is -2.62. The van der Waals surface area contributed by atoms with Crippen LogP contribution >= 0.6 is 0 Å². The summed E-state index contributed by atoms with van der Waals surface area (Å²) >= 11 is 0. The third-order valence-electron chi connectivity index (χ3n) is 11.1. The van der Waals surface area contributed by atoms with E-state index in [1.807, 2.05) is 0 Å². The number of carbonyl (C=O) groups excluding carboxylic acids is 8. The number of amides is 7. The van der Waals surface area contributed by atoms with Crippen molar-refractivity contribution in [3.8, 4) is 5.75 Å². The zero-order valence-corrected chi connectivity index (χ0v) is 39.4. The minimum Gasteiger partial charge on any atom is -0.508 e. The van der Waals surface area contributed by atoms with Gasteiger partial charge in [-0.05, 0) is 57.2 Å². The molecule has 1 saturated heterocycles. The fraction of sp³-hybridized carbons (Fsp3) is 0.667. The molecular weight excluding hydrogens is 873 g/mol. The number of hydrogen-bond acceptors (Lipinski definition) is 13. The quantitative estimate of drug-likeness (QED) is 0.0288. The lowest BCUT2D eigenvalue weighted by atomic mass is 9.99. The van der Waals surface area contributed by atoms with Crippen LogP contribution in [0.5, 0.6) is 5.75 Å². The summed E-state index contributed by atoms with van der Waals surface area (Å²) in [5, 5.41) is 45.9. The summed E-state index contributed by atoms with van der Waals surface area (Å²) in [6.45, 7) is 7.52. The molecule has 22 heteroatoms. The van der Waals surface area contributed by atoms with Crippen LogP contribution in [0.3, 0.4) is 0 Å². The van der Waals surface area contributed by atoms with E-state index in [9.17, 15) is 53.7 Å². The number of cyclic esters (lactones) is 1. The van der Waals surface area contributed by atoms with Crippen molar-refractivity contribution in [2.75, 3.05) is 6.54 Å². The minimum atomic E-state index is -1.75. The van der Waals surface area contributed by atoms with Gasteiger partial charge in [-0.2, -0.15) is 0 Å². The molecule has 7 amide bonds. The molecule has 0 saturated carbocycles. The van der Waals surface area contributed by atoms with Gasteiger partial charge in [0.15, 0.2) is 5.96 Å². The number of aliphatic hydroxyl groups excluding tert-OH is 2. The number of hydrogen-bond donors (Lipinski definition) is 12. The first-order valence-electron chi connectivity index (χ1n) is 23.1. The Morgan fingerprint density at radius 1 is 0.701 bits per heavy atom. The molecule has 22 nitrogen and oxygen atoms in total. The Hall–Kier alpha value is -6.03. The van der Waals surface area contributed by atoms with Crippen LogP contribution in [0.1, 0.15) is 124 Å². The molecule has 0 aliphatic carbocycles. The number of unbranched alkanes of at least 4 members (excludes halogenated alkanes) is 9. The van der Waals surface area contributed by atoms with E-state index in [2.05, 4.69) is 36.9 Å². The normalized spacial score (nSPS) is 23.4. The molecule has 0 aromatic heterocycles. The number of nitrogens with one attached hydrogen (secondary N) is 6. The molecule has 1 aromatic carbocycles. The highest BCUT2D eigenvalue weighted by Gasteiger charge is 2.38. The fourth-order valence-corrected chi connectivity index (χ4v) is 7.23. The molecular formula is C45H74N10O12. The molecule has 1 fully saturated rings. The summed E-state index contributed by atoms with van der Waals surface area (Å²) in [5.74, 6) is -8.52. The third-order valence-corrected chi connectivity index (χ3v) is 11.1. The molecule has 1 aliphatic heterocycles. The average Bonchev–Trinajstić information content (AvgIpc) is 3.24. The summed E-state index contributed by atoms with van der Waals surface area (Å²) in [5.41, 5.74) is 16.5. The van der Waals surface area contributed by atoms with E-state index in [4.69, 9.17) is 21.9 Å². The lowest BCUT2D eigenvalue weighted by molar-refractivity contribution is -0.155. The van der Waals surface area contributed by atoms with Gasteiger partial charge in [-0.15, -0.1) is 0 Å². The second kappa shape index (κ2) is 29.6. The van der Waals surface area contributed by atoms with E-state index in [0.29, 0.717) is 24.9 Å². The highest BCUT2D eigenvalue weighted by molar-refractivity contribution is 5.98. The average molecular weight is 947 g/mol. The Balaban J connectivity index is 2.31. The number of ether oxygens (including phenoxy) is 1. The molecule has 0 radical (unpaired) electrons. The second-order valence-corrected chi connectivity index (χ2v) is 17.5. The number of aromatic hydroxyl groups is 1. The largest absolute Gasteiger partial charge is 0.508 e. The number of guanidine groups is 1. The molecule has 0 bridgehead atoms. The zero-order valence-electron chi connectivity index (χ0n) is 39.4. The van der Waals surface area contributed by atoms with Crippen LogP contribution in [0, 0.1) is 5.92 Å². The van der Waals surface area contributed by atoms with Gasteiger partial charge in [0.05, 0.1) is 25.0 Å². The number of benzene rings is 1. The number of primary amides is 1. The van der Waals surface area contributed by atoms with Crippen molar-refractivity contribution in [1.82, 2.24) is 31.9 Å². The van der Waals surface area contributed by atoms with Crippen molar-refractivity contribution in [1.29, 1.82) is 0 Å². The van der Waals surface area contributed by atoms with E-state index in [1.54, 1.807) is 13.8 Å². The van der Waals surface area contributed by atoms with E-state index >= 15 is 0 Å². The number of rotatable bonds is 22. The molecule has 1 unspecified atom stereocenters. The van der Waals surface area contributed by atoms with Gasteiger partial charge >= 0.3 is 5.97 Å². The Kier molecular flexibility index (Phi) is 25.2. The van der Waals surface area contributed by atoms with Crippen LogP contribution in [0.25, 0.3) is 0 Å². The van der Waals surface area contributed by atoms with Crippen LogP contribution < -0.4 is 49.1 Å². The SMILES string of the molecule is CC(C)[C@H]1NC(=O)[C@@H](NC(=O)C[C@H](O)CCCCCCCCCCCCN=C(N)N)[C@@H](C)OC(=O)[C@@H](C)NC(=O)[C@@H](CC(N)=O)NC(=O)[C@@H]([C@@H](C)O)NC(=O)C(Cc2ccc(O)cc2)NC1=O. The van der Waals surface area contributed by atoms with Gasteiger partial charge in [-0.3, -0.25) is 38.6 Å². The summed E-state index contributed by atoms with van der Waals surface area (Å²) < 4.78 is 5.55. The Morgan fingerprint density at radius 3 is 1.78 bits per heavy atom. The smallest absolute Gasteiger partial charge is 0.328 e. The molecule has 1 heterocycles. The number of aliphatic imine (C=N–C) groups is 1. The van der Waals surface area contributed by atoms with Gasteiger partial charge in [-0.1, -0.05) is 83.8 Å². The molecule has 1 aliphatic rings. The molecule has 2 rings (SSSR count). The zero-order chi connectivity index (χ0) is 50.2. The van der Waals surface area contributed by atoms with Crippen LogP contribution in [0.15, 0.2) is 29.3 Å². The number of carbonyl (C=O) groups is 8. The van der Waals surface area contributed by atoms with E-state index < -0.39 is 121 Å². The first kappa shape index (κ1) is 57.1. The first-order valence-corrected chi connectivity index (χ1v) is 23.1. The van der Waals surface area contributed by atoms with E-state index in [1.165, 1.54) is 45.0 Å². The molecule has 376 valence electrons. The van der Waals surface area contributed by atoms with Crippen molar-refractivity contribution in [2.45, 2.75) is 179 Å². The third kappa shape index (κ3) is 21.9. The fourth-order valence-electron chi connectivity index (χ4n) is 7.23. The summed E-state index contributed by atoms with van der Waals surface area (Å²) in [7, 11) is 0. The number of phenolic OH excluding ortho intramolecular Hbond substituents is 1. The van der Waals surface area contributed by atoms with Crippen molar-refractivity contribution >= 4 is 53.3 Å². The highest BCUT2D eigenvalue weighted by Crippen LogP contribution is 2.16. The van der Waals surface area contributed by atoms with Crippen LogP contribution in [0.4, 0.5) is 0 Å². The number of nitrogens with zero attached hydrogens (tertiary/aromatic N) is 1. The summed E-state index contributed by atoms with van der Waals surface area (Å²) in [6, 6.07) is -3.77. The lowest BCUT2D eigenvalue weighted by Gasteiger charge is -2.30. The standard InChI is InChI=1S/C45H74N10O12/c1-25(2)36-41(63)51-32(22-29-17-19-30(57)20-18-29)40(62)55-37(27(4)56)42(64)52-33(24-34(46)59)39(61)50-26(3)44(66)67-28(5)38(43(65)54-36)53-35(60)23-31(58)16-14-12-10-8-6-7-9-11-13-15-21-49-45(47)48/h17-20,25-28,31-33,36-38,56-58H,6-16,21-24H2,1-5H3,(H2,46,59)(H,50,61)(H,51,63)(H,52,64)(H,53,60)(H,54,65)(H,55,62)(H4,47,48,49)/t26-,27-,28-,31-,32?,33-,36-,37-,38+/m1/s1. The molecule has 67 heavy (non-hydrogen) atoms. The van der Waals surface area contributed by atoms with Crippen LogP contribution in [-0.2, 0) is 49.5 Å². The number of nitrogens with two attached hydrogens (primary N) is 3. The number of esters is 1. The number of aliphatic hydroxyl groups is 2. The maximum Gasteiger partial charge on any atom is 0.328 e. The highest BCUT2D eigenvalue weighted by atomic mass is 16.5. The monoisotopic (exact) mass is 947 g/mol. The van der Waals surface area contributed by atoms with Gasteiger partial charge in [0.1, 0.15) is 48.1 Å². The Morgan fingerprint density at radius 2 is 1.22 bits per heavy atom. The van der Waals surface area contributed by atoms with Crippen molar-refractivity contribution in [3.63, 3.8) is 0 Å². The predicted molar refractivity (Wildman–Crippen MR) is 247 cm³/mol. The van der Waals surface area contributed by atoms with Crippen LogP contribution in [0.2, 0.25) is 0 Å². The van der Waals surface area contributed by atoms with Gasteiger partial charge in [-0.25, -0.2) is 4.79 Å². The summed E-state index contributed by atoms with van der Waals surface area (Å²) in [4.78, 5) is 112. The Labute approximate surface area is 392 Å². The molecule has 0 spiro atoms. The molecule has 1 aromatic rings. The number of phenols is 1. The Bertz CT molecular complexity index is 1830. The van der Waals surface area contributed by atoms with Crippen molar-refractivity contribution in [3.05, 3.63) is 29.8 Å². The van der Waals surface area contributed by atoms with Gasteiger partial charge in [0.25, 0.3) is 0 Å². The minimum absolute atomic E-state index is 0.0796. The van der Waals surface area contributed by atoms with Crippen LogP contribution in [-0.4, -0.2) is 130 Å². The van der Waals surface area contributed by atoms with Gasteiger partial charge in [0, 0.05) is 13.0 Å². The maximum absolute atomic E-state index is 14.1. The molecule has 15 N–H and O–H groups in total. The predicted octanol–water partition coefficient (Wildman–Crippen LogP) is -0.964.